The van der Waals surface area contributed by atoms with E-state index >= 15 is 0 Å². The smallest absolute Gasteiger partial charge is 0.249 e. The van der Waals surface area contributed by atoms with Gasteiger partial charge in [0.15, 0.2) is 17.5 Å². The van der Waals surface area contributed by atoms with Crippen molar-refractivity contribution in [2.24, 2.45) is 16.6 Å². The molecule has 41 heavy (non-hydrogen) atoms. The van der Waals surface area contributed by atoms with Crippen molar-refractivity contribution in [3.05, 3.63) is 46.4 Å². The second-order valence-electron chi connectivity index (χ2n) is 10.1. The molecule has 3 rings (SSSR count). The van der Waals surface area contributed by atoms with E-state index in [9.17, 15) is 18.0 Å². The predicted molar refractivity (Wildman–Crippen MR) is 162 cm³/mol. The quantitative estimate of drug-likeness (QED) is 0.248. The molecule has 0 unspecified atom stereocenters. The molecular weight excluding hydrogens is 614 g/mol. The summed E-state index contributed by atoms with van der Waals surface area (Å²) in [6.07, 6.45) is 5.72. The number of aliphatic imine (C=N–C) groups is 1. The number of sulfonamides is 1. The molecule has 13 heteroatoms. The van der Waals surface area contributed by atoms with Crippen molar-refractivity contribution >= 4 is 49.4 Å². The molecule has 2 aromatic rings. The van der Waals surface area contributed by atoms with Gasteiger partial charge < -0.3 is 20.5 Å². The number of carbonyl (C=O) groups excluding carboxylic acids is 2. The topological polar surface area (TPSA) is 152 Å². The van der Waals surface area contributed by atoms with Crippen LogP contribution in [0.4, 0.5) is 5.69 Å². The number of benzene rings is 2. The first-order chi connectivity index (χ1) is 19.4. The van der Waals surface area contributed by atoms with Crippen molar-refractivity contribution in [2.75, 3.05) is 33.6 Å². The molecule has 0 aliphatic heterocycles. The number of hydrogen-bond acceptors (Lipinski definition) is 7. The zero-order valence-electron chi connectivity index (χ0n) is 23.8. The summed E-state index contributed by atoms with van der Waals surface area (Å²) < 4.78 is 37.5. The largest absolute Gasteiger partial charge is 0.493 e. The third kappa shape index (κ3) is 8.91. The Kier molecular flexibility index (Phi) is 11.6. The monoisotopic (exact) mass is 651 g/mol. The van der Waals surface area contributed by atoms with Gasteiger partial charge in [0.1, 0.15) is 6.04 Å². The summed E-state index contributed by atoms with van der Waals surface area (Å²) in [5, 5.41) is 5.36. The first-order valence-corrected chi connectivity index (χ1v) is 15.5. The van der Waals surface area contributed by atoms with Crippen molar-refractivity contribution in [2.45, 2.75) is 55.9 Å². The molecule has 2 aromatic carbocycles. The van der Waals surface area contributed by atoms with E-state index in [2.05, 4.69) is 31.6 Å². The summed E-state index contributed by atoms with van der Waals surface area (Å²) in [6, 6.07) is 8.57. The van der Waals surface area contributed by atoms with Crippen LogP contribution in [-0.2, 0) is 26.0 Å². The van der Waals surface area contributed by atoms with Crippen LogP contribution in [0.2, 0.25) is 0 Å². The number of ether oxygens (including phenoxy) is 2. The number of rotatable bonds is 11. The van der Waals surface area contributed by atoms with Crippen molar-refractivity contribution in [1.82, 2.24) is 9.62 Å². The molecule has 0 saturated heterocycles. The van der Waals surface area contributed by atoms with E-state index < -0.39 is 27.9 Å². The van der Waals surface area contributed by atoms with Crippen LogP contribution >= 0.6 is 15.9 Å². The SMILES string of the molecule is COc1cc(Br)c(CC(=O)NC(N)=N[C@H](CC2CCCCC2)C(=O)Nc2cccc(S(=O)(=O)N(C)C)c2)cc1OC. The fourth-order valence-electron chi connectivity index (χ4n) is 4.72. The van der Waals surface area contributed by atoms with Gasteiger partial charge in [-0.15, -0.1) is 0 Å². The van der Waals surface area contributed by atoms with E-state index in [0.29, 0.717) is 33.6 Å². The van der Waals surface area contributed by atoms with E-state index in [1.165, 1.54) is 40.4 Å². The molecule has 224 valence electrons. The Morgan fingerprint density at radius 2 is 1.76 bits per heavy atom. The Bertz CT molecular complexity index is 1380. The van der Waals surface area contributed by atoms with Crippen LogP contribution in [0.15, 0.2) is 50.8 Å². The Hall–Kier alpha value is -3.16. The lowest BCUT2D eigenvalue weighted by molar-refractivity contribution is -0.119. The molecule has 0 radical (unpaired) electrons. The van der Waals surface area contributed by atoms with Crippen LogP contribution in [0.5, 0.6) is 11.5 Å². The Balaban J connectivity index is 1.77. The zero-order valence-corrected chi connectivity index (χ0v) is 26.2. The molecule has 0 aromatic heterocycles. The molecule has 2 amide bonds. The van der Waals surface area contributed by atoms with E-state index in [1.54, 1.807) is 24.3 Å². The fourth-order valence-corrected chi connectivity index (χ4v) is 6.13. The van der Waals surface area contributed by atoms with Crippen LogP contribution in [0.1, 0.15) is 44.1 Å². The van der Waals surface area contributed by atoms with E-state index in [1.807, 2.05) is 0 Å². The second kappa shape index (κ2) is 14.6. The molecular formula is C28H38BrN5O6S. The molecule has 11 nitrogen and oxygen atoms in total. The highest BCUT2D eigenvalue weighted by Gasteiger charge is 2.26. The molecule has 0 bridgehead atoms. The van der Waals surface area contributed by atoms with Gasteiger partial charge in [-0.3, -0.25) is 14.9 Å². The number of guanidine groups is 1. The van der Waals surface area contributed by atoms with Gasteiger partial charge in [-0.2, -0.15) is 0 Å². The number of nitrogens with two attached hydrogens (primary N) is 1. The van der Waals surface area contributed by atoms with Gasteiger partial charge in [0.05, 0.1) is 25.5 Å². The summed E-state index contributed by atoms with van der Waals surface area (Å²) in [7, 11) is 2.24. The molecule has 1 saturated carbocycles. The number of carbonyl (C=O) groups is 2. The summed E-state index contributed by atoms with van der Waals surface area (Å²) in [4.78, 5) is 30.7. The van der Waals surface area contributed by atoms with Crippen LogP contribution in [0.25, 0.3) is 0 Å². The summed E-state index contributed by atoms with van der Waals surface area (Å²) in [5.41, 5.74) is 7.09. The van der Waals surface area contributed by atoms with Gasteiger partial charge in [-0.1, -0.05) is 54.1 Å². The van der Waals surface area contributed by atoms with Crippen LogP contribution < -0.4 is 25.8 Å². The molecule has 1 aliphatic carbocycles. The van der Waals surface area contributed by atoms with Gasteiger partial charge in [-0.25, -0.2) is 17.7 Å². The third-order valence-electron chi connectivity index (χ3n) is 6.93. The van der Waals surface area contributed by atoms with Crippen LogP contribution in [0.3, 0.4) is 0 Å². The predicted octanol–water partition coefficient (Wildman–Crippen LogP) is 3.67. The lowest BCUT2D eigenvalue weighted by Crippen LogP contribution is -2.40. The highest BCUT2D eigenvalue weighted by Crippen LogP contribution is 2.33. The van der Waals surface area contributed by atoms with Crippen molar-refractivity contribution < 1.29 is 27.5 Å². The Morgan fingerprint density at radius 1 is 1.10 bits per heavy atom. The molecule has 1 atom stereocenters. The minimum absolute atomic E-state index is 0.0240. The summed E-state index contributed by atoms with van der Waals surface area (Å²) in [6.45, 7) is 0. The van der Waals surface area contributed by atoms with Gasteiger partial charge in [0.2, 0.25) is 21.8 Å². The molecule has 1 fully saturated rings. The zero-order chi connectivity index (χ0) is 30.2. The minimum Gasteiger partial charge on any atom is -0.493 e. The summed E-state index contributed by atoms with van der Waals surface area (Å²) in [5.74, 6) is 0.256. The highest BCUT2D eigenvalue weighted by molar-refractivity contribution is 9.10. The number of hydrogen-bond donors (Lipinski definition) is 3. The van der Waals surface area contributed by atoms with Gasteiger partial charge in [0, 0.05) is 24.3 Å². The van der Waals surface area contributed by atoms with E-state index in [-0.39, 0.29) is 23.2 Å². The third-order valence-corrected chi connectivity index (χ3v) is 9.48. The van der Waals surface area contributed by atoms with Crippen molar-refractivity contribution in [1.29, 1.82) is 0 Å². The number of anilines is 1. The Morgan fingerprint density at radius 3 is 2.39 bits per heavy atom. The summed E-state index contributed by atoms with van der Waals surface area (Å²) >= 11 is 3.45. The number of nitrogens with zero attached hydrogens (tertiary/aromatic N) is 2. The normalized spacial score (nSPS) is 15.3. The molecule has 0 heterocycles. The molecule has 4 N–H and O–H groups in total. The van der Waals surface area contributed by atoms with Crippen LogP contribution in [0, 0.1) is 5.92 Å². The number of halogens is 1. The minimum atomic E-state index is -3.68. The fraction of sp³-hybridized carbons (Fsp3) is 0.464. The lowest BCUT2D eigenvalue weighted by atomic mass is 9.84. The highest BCUT2D eigenvalue weighted by atomic mass is 79.9. The first kappa shape index (κ1) is 32.4. The number of methoxy groups -OCH3 is 2. The lowest BCUT2D eigenvalue weighted by Gasteiger charge is -2.24. The number of nitrogens with one attached hydrogen (secondary N) is 2. The van der Waals surface area contributed by atoms with E-state index in [0.717, 1.165) is 36.4 Å². The second-order valence-corrected chi connectivity index (χ2v) is 13.1. The Labute approximate surface area is 250 Å². The van der Waals surface area contributed by atoms with E-state index in [4.69, 9.17) is 15.2 Å². The molecule has 1 aliphatic rings. The maximum Gasteiger partial charge on any atom is 0.249 e. The van der Waals surface area contributed by atoms with Crippen LogP contribution in [-0.4, -0.2) is 64.9 Å². The van der Waals surface area contributed by atoms with Gasteiger partial charge >= 0.3 is 0 Å². The van der Waals surface area contributed by atoms with Gasteiger partial charge in [0.25, 0.3) is 0 Å². The average molecular weight is 653 g/mol. The maximum atomic E-state index is 13.4. The van der Waals surface area contributed by atoms with Crippen molar-refractivity contribution in [3.63, 3.8) is 0 Å². The molecule has 0 spiro atoms. The number of amides is 2. The van der Waals surface area contributed by atoms with Crippen molar-refractivity contribution in [3.8, 4) is 11.5 Å². The standard InChI is InChI=1S/C28H38BrN5O6S/c1-34(2)41(37,38)21-12-8-11-20(16-21)31-27(36)23(13-18-9-6-5-7-10-18)32-28(30)33-26(35)15-19-14-24(39-3)25(40-4)17-22(19)29/h8,11-12,14,16-18,23H,5-7,9-10,13,15H2,1-4H3,(H,31,36)(H3,30,32,33,35)/t23-/m1/s1. The average Bonchev–Trinajstić information content (AvgIpc) is 2.94. The maximum absolute atomic E-state index is 13.4. The first-order valence-electron chi connectivity index (χ1n) is 13.3. The van der Waals surface area contributed by atoms with Gasteiger partial charge in [-0.05, 0) is 48.2 Å².